The maximum absolute atomic E-state index is 9.54. The molecule has 22 heavy (non-hydrogen) atoms. The zero-order valence-electron chi connectivity index (χ0n) is 13.2. The molecule has 0 saturated heterocycles. The monoisotopic (exact) mass is 323 g/mol. The Labute approximate surface area is 135 Å². The summed E-state index contributed by atoms with van der Waals surface area (Å²) in [5, 5.41) is 14.2. The third kappa shape index (κ3) is 4.80. The Morgan fingerprint density at radius 1 is 1.32 bits per heavy atom. The topological polar surface area (TPSA) is 62.4 Å². The third-order valence-corrected chi connectivity index (χ3v) is 3.63. The quantitative estimate of drug-likeness (QED) is 0.848. The zero-order valence-corrected chi connectivity index (χ0v) is 13.9. The Balaban J connectivity index is 2.00. The van der Waals surface area contributed by atoms with Gasteiger partial charge in [0.1, 0.15) is 0 Å². The van der Waals surface area contributed by atoms with E-state index in [1.165, 1.54) is 0 Å². The molecule has 1 N–H and O–H groups in total. The molecule has 1 aromatic heterocycles. The normalized spacial score (nSPS) is 13.0. The SMILES string of the molecule is CC(O)CN(CCc1nc(-c2cccc(Cl)c2)no1)C(C)C. The molecule has 0 amide bonds. The molecule has 120 valence electrons. The van der Waals surface area contributed by atoms with Gasteiger partial charge in [-0.2, -0.15) is 4.98 Å². The van der Waals surface area contributed by atoms with Crippen LogP contribution in [0.15, 0.2) is 28.8 Å². The highest BCUT2D eigenvalue weighted by molar-refractivity contribution is 6.30. The van der Waals surface area contributed by atoms with Gasteiger partial charge in [-0.15, -0.1) is 0 Å². The number of rotatable bonds is 7. The van der Waals surface area contributed by atoms with Crippen LogP contribution in [0.3, 0.4) is 0 Å². The van der Waals surface area contributed by atoms with E-state index in [-0.39, 0.29) is 6.10 Å². The van der Waals surface area contributed by atoms with Gasteiger partial charge in [-0.25, -0.2) is 0 Å². The Hall–Kier alpha value is -1.43. The first-order valence-electron chi connectivity index (χ1n) is 7.46. The molecule has 0 aliphatic carbocycles. The molecule has 0 fully saturated rings. The number of hydrogen-bond acceptors (Lipinski definition) is 5. The van der Waals surface area contributed by atoms with Gasteiger partial charge in [-0.3, -0.25) is 4.90 Å². The summed E-state index contributed by atoms with van der Waals surface area (Å²) in [6, 6.07) is 7.72. The molecular formula is C16H22ClN3O2. The highest BCUT2D eigenvalue weighted by atomic mass is 35.5. The number of hydrogen-bond donors (Lipinski definition) is 1. The summed E-state index contributed by atoms with van der Waals surface area (Å²) >= 11 is 5.97. The minimum Gasteiger partial charge on any atom is -0.392 e. The lowest BCUT2D eigenvalue weighted by atomic mass is 10.2. The van der Waals surface area contributed by atoms with Crippen molar-refractivity contribution >= 4 is 11.6 Å². The number of benzene rings is 1. The van der Waals surface area contributed by atoms with Crippen molar-refractivity contribution in [2.45, 2.75) is 39.3 Å². The summed E-state index contributed by atoms with van der Waals surface area (Å²) in [6.07, 6.45) is 0.297. The number of aliphatic hydroxyl groups is 1. The van der Waals surface area contributed by atoms with Crippen molar-refractivity contribution in [3.8, 4) is 11.4 Å². The van der Waals surface area contributed by atoms with E-state index in [0.717, 1.165) is 12.1 Å². The van der Waals surface area contributed by atoms with Crippen LogP contribution in [-0.2, 0) is 6.42 Å². The molecular weight excluding hydrogens is 302 g/mol. The van der Waals surface area contributed by atoms with E-state index in [9.17, 15) is 5.11 Å². The Kier molecular flexibility index (Phi) is 5.94. The van der Waals surface area contributed by atoms with E-state index in [0.29, 0.717) is 35.7 Å². The van der Waals surface area contributed by atoms with Crippen molar-refractivity contribution in [2.24, 2.45) is 0 Å². The lowest BCUT2D eigenvalue weighted by Crippen LogP contribution is -2.38. The lowest BCUT2D eigenvalue weighted by Gasteiger charge is -2.26. The molecule has 6 heteroatoms. The average molecular weight is 324 g/mol. The Morgan fingerprint density at radius 3 is 2.73 bits per heavy atom. The van der Waals surface area contributed by atoms with Crippen LogP contribution in [0.2, 0.25) is 5.02 Å². The molecule has 1 atom stereocenters. The fourth-order valence-electron chi connectivity index (χ4n) is 2.24. The van der Waals surface area contributed by atoms with Gasteiger partial charge in [-0.05, 0) is 32.9 Å². The highest BCUT2D eigenvalue weighted by Crippen LogP contribution is 2.20. The van der Waals surface area contributed by atoms with E-state index in [1.54, 1.807) is 6.92 Å². The van der Waals surface area contributed by atoms with Gasteiger partial charge in [0.05, 0.1) is 6.10 Å². The van der Waals surface area contributed by atoms with Gasteiger partial charge in [0.2, 0.25) is 11.7 Å². The van der Waals surface area contributed by atoms with Gasteiger partial charge in [0.25, 0.3) is 0 Å². The van der Waals surface area contributed by atoms with Crippen LogP contribution in [0, 0.1) is 0 Å². The van der Waals surface area contributed by atoms with Crippen molar-refractivity contribution in [1.29, 1.82) is 0 Å². The van der Waals surface area contributed by atoms with Crippen LogP contribution >= 0.6 is 11.6 Å². The highest BCUT2D eigenvalue weighted by Gasteiger charge is 2.15. The van der Waals surface area contributed by atoms with Gasteiger partial charge in [0, 0.05) is 36.1 Å². The molecule has 5 nitrogen and oxygen atoms in total. The summed E-state index contributed by atoms with van der Waals surface area (Å²) < 4.78 is 5.30. The second-order valence-electron chi connectivity index (χ2n) is 5.71. The van der Waals surface area contributed by atoms with Crippen molar-refractivity contribution in [3.63, 3.8) is 0 Å². The van der Waals surface area contributed by atoms with Crippen LogP contribution in [-0.4, -0.2) is 45.4 Å². The maximum Gasteiger partial charge on any atom is 0.228 e. The summed E-state index contributed by atoms with van der Waals surface area (Å²) in [6.45, 7) is 7.40. The molecule has 0 saturated carbocycles. The van der Waals surface area contributed by atoms with E-state index >= 15 is 0 Å². The van der Waals surface area contributed by atoms with Gasteiger partial charge in [0.15, 0.2) is 0 Å². The molecule has 0 bridgehead atoms. The van der Waals surface area contributed by atoms with Gasteiger partial charge in [-0.1, -0.05) is 28.9 Å². The summed E-state index contributed by atoms with van der Waals surface area (Å²) in [4.78, 5) is 6.59. The zero-order chi connectivity index (χ0) is 16.1. The number of aliphatic hydroxyl groups excluding tert-OH is 1. The van der Waals surface area contributed by atoms with Crippen LogP contribution in [0.5, 0.6) is 0 Å². The van der Waals surface area contributed by atoms with Crippen LogP contribution in [0.1, 0.15) is 26.7 Å². The first-order valence-corrected chi connectivity index (χ1v) is 7.84. The van der Waals surface area contributed by atoms with Crippen molar-refractivity contribution in [1.82, 2.24) is 15.0 Å². The van der Waals surface area contributed by atoms with Crippen molar-refractivity contribution in [3.05, 3.63) is 35.2 Å². The number of nitrogens with zero attached hydrogens (tertiary/aromatic N) is 3. The largest absolute Gasteiger partial charge is 0.392 e. The maximum atomic E-state index is 9.54. The fraction of sp³-hybridized carbons (Fsp3) is 0.500. The number of aromatic nitrogens is 2. The smallest absolute Gasteiger partial charge is 0.228 e. The third-order valence-electron chi connectivity index (χ3n) is 3.39. The first-order chi connectivity index (χ1) is 10.5. The number of halogens is 1. The molecule has 0 radical (unpaired) electrons. The summed E-state index contributed by atoms with van der Waals surface area (Å²) in [5.41, 5.74) is 0.840. The molecule has 1 aromatic carbocycles. The standard InChI is InChI=1S/C16H22ClN3O2/c1-11(2)20(10-12(3)21)8-7-15-18-16(19-22-15)13-5-4-6-14(17)9-13/h4-6,9,11-12,21H,7-8,10H2,1-3H3. The second kappa shape index (κ2) is 7.72. The molecule has 2 aromatic rings. The fourth-order valence-corrected chi connectivity index (χ4v) is 2.43. The van der Waals surface area contributed by atoms with Crippen LogP contribution < -0.4 is 0 Å². The average Bonchev–Trinajstić information content (AvgIpc) is 2.91. The minimum absolute atomic E-state index is 0.352. The van der Waals surface area contributed by atoms with E-state index < -0.39 is 0 Å². The Morgan fingerprint density at radius 2 is 2.09 bits per heavy atom. The van der Waals surface area contributed by atoms with Crippen LogP contribution in [0.4, 0.5) is 0 Å². The van der Waals surface area contributed by atoms with E-state index in [2.05, 4.69) is 28.9 Å². The predicted octanol–water partition coefficient (Wildman–Crippen LogP) is 3.02. The van der Waals surface area contributed by atoms with Crippen molar-refractivity contribution < 1.29 is 9.63 Å². The molecule has 1 heterocycles. The molecule has 0 aliphatic rings. The first kappa shape index (κ1) is 16.9. The molecule has 0 aliphatic heterocycles. The molecule has 1 unspecified atom stereocenters. The van der Waals surface area contributed by atoms with Crippen LogP contribution in [0.25, 0.3) is 11.4 Å². The minimum atomic E-state index is -0.355. The van der Waals surface area contributed by atoms with Gasteiger partial charge >= 0.3 is 0 Å². The Bertz CT molecular complexity index is 599. The van der Waals surface area contributed by atoms with Crippen molar-refractivity contribution in [2.75, 3.05) is 13.1 Å². The van der Waals surface area contributed by atoms with E-state index in [4.69, 9.17) is 16.1 Å². The summed E-state index contributed by atoms with van der Waals surface area (Å²) in [7, 11) is 0. The predicted molar refractivity (Wildman–Crippen MR) is 86.8 cm³/mol. The van der Waals surface area contributed by atoms with Gasteiger partial charge < -0.3 is 9.63 Å². The lowest BCUT2D eigenvalue weighted by molar-refractivity contribution is 0.107. The second-order valence-corrected chi connectivity index (χ2v) is 6.15. The molecule has 0 spiro atoms. The van der Waals surface area contributed by atoms with E-state index in [1.807, 2.05) is 24.3 Å². The molecule has 2 rings (SSSR count). The summed E-state index contributed by atoms with van der Waals surface area (Å²) in [5.74, 6) is 1.13.